The smallest absolute Gasteiger partial charge is 0.411 e. The van der Waals surface area contributed by atoms with Gasteiger partial charge in [-0.15, -0.1) is 0 Å². The van der Waals surface area contributed by atoms with Gasteiger partial charge in [0.15, 0.2) is 5.79 Å². The van der Waals surface area contributed by atoms with Crippen LogP contribution in [0.3, 0.4) is 0 Å². The Labute approximate surface area is 165 Å². The van der Waals surface area contributed by atoms with Gasteiger partial charge in [-0.25, -0.2) is 4.79 Å². The van der Waals surface area contributed by atoms with E-state index in [1.54, 1.807) is 34.6 Å². The van der Waals surface area contributed by atoms with Crippen LogP contribution in [0.25, 0.3) is 10.4 Å². The van der Waals surface area contributed by atoms with E-state index in [-0.39, 0.29) is 12.5 Å². The van der Waals surface area contributed by atoms with Crippen molar-refractivity contribution in [1.82, 2.24) is 4.90 Å². The number of nitriles is 1. The Morgan fingerprint density at radius 3 is 2.64 bits per heavy atom. The summed E-state index contributed by atoms with van der Waals surface area (Å²) in [6, 6.07) is 0.202. The molecule has 2 aliphatic rings. The summed E-state index contributed by atoms with van der Waals surface area (Å²) in [7, 11) is 0. The first-order valence-electron chi connectivity index (χ1n) is 9.42. The average Bonchev–Trinajstić information content (AvgIpc) is 3.11. The molecule has 0 saturated carbocycles. The topological polar surface area (TPSA) is 121 Å². The molecule has 2 aliphatic heterocycles. The van der Waals surface area contributed by atoms with Crippen LogP contribution >= 0.6 is 0 Å². The number of hydrogen-bond donors (Lipinski definition) is 0. The number of allylic oxidation sites excluding steroid dienone is 1. The molecule has 0 radical (unpaired) electrons. The fourth-order valence-electron chi connectivity index (χ4n) is 3.77. The van der Waals surface area contributed by atoms with E-state index in [2.05, 4.69) is 16.1 Å². The Morgan fingerprint density at radius 2 is 2.18 bits per heavy atom. The van der Waals surface area contributed by atoms with Crippen molar-refractivity contribution in [2.45, 2.75) is 83.6 Å². The summed E-state index contributed by atoms with van der Waals surface area (Å²) < 4.78 is 17.1. The third-order valence-corrected chi connectivity index (χ3v) is 4.73. The molecule has 9 nitrogen and oxygen atoms in total. The van der Waals surface area contributed by atoms with Crippen LogP contribution in [0.2, 0.25) is 0 Å². The van der Waals surface area contributed by atoms with Gasteiger partial charge >= 0.3 is 6.09 Å². The summed E-state index contributed by atoms with van der Waals surface area (Å²) in [6.07, 6.45) is 3.09. The maximum Gasteiger partial charge on any atom is 0.411 e. The van der Waals surface area contributed by atoms with Gasteiger partial charge in [-0.1, -0.05) is 17.3 Å². The highest BCUT2D eigenvalue weighted by Gasteiger charge is 2.52. The molecule has 9 heteroatoms. The van der Waals surface area contributed by atoms with Crippen molar-refractivity contribution in [1.29, 1.82) is 5.26 Å². The molecule has 0 unspecified atom stereocenters. The monoisotopic (exact) mass is 391 g/mol. The number of nitrogens with zero attached hydrogens (tertiary/aromatic N) is 5. The van der Waals surface area contributed by atoms with E-state index in [9.17, 15) is 15.6 Å². The molecule has 2 saturated heterocycles. The minimum Gasteiger partial charge on any atom is -0.444 e. The van der Waals surface area contributed by atoms with Gasteiger partial charge in [0.05, 0.1) is 30.9 Å². The highest BCUT2D eigenvalue weighted by Crippen LogP contribution is 2.39. The Hall–Kier alpha value is -2.27. The number of likely N-dealkylation sites (tertiary alicyclic amines) is 1. The molecule has 154 valence electrons. The first-order valence-corrected chi connectivity index (χ1v) is 9.42. The first-order chi connectivity index (χ1) is 13.0. The van der Waals surface area contributed by atoms with E-state index < -0.39 is 41.7 Å². The number of azide groups is 1. The molecule has 1 amide bonds. The number of carbonyl (C=O) groups excluding carboxylic acids is 1. The number of hydrogen-bond acceptors (Lipinski definition) is 6. The van der Waals surface area contributed by atoms with Crippen LogP contribution in [-0.2, 0) is 14.2 Å². The van der Waals surface area contributed by atoms with Gasteiger partial charge in [0.1, 0.15) is 11.6 Å². The van der Waals surface area contributed by atoms with Crippen molar-refractivity contribution >= 4 is 6.09 Å². The zero-order chi connectivity index (χ0) is 21.1. The van der Waals surface area contributed by atoms with E-state index in [1.165, 1.54) is 4.90 Å². The van der Waals surface area contributed by atoms with Gasteiger partial charge < -0.3 is 14.2 Å². The zero-order valence-electron chi connectivity index (χ0n) is 17.3. The molecular formula is C19H29N5O4. The molecule has 0 aliphatic carbocycles. The third-order valence-electron chi connectivity index (χ3n) is 4.73. The van der Waals surface area contributed by atoms with Crippen LogP contribution in [0.1, 0.15) is 48.0 Å². The van der Waals surface area contributed by atoms with Crippen molar-refractivity contribution in [2.75, 3.05) is 6.61 Å². The molecule has 2 rings (SSSR count). The Morgan fingerprint density at radius 1 is 1.50 bits per heavy atom. The van der Waals surface area contributed by atoms with Crippen LogP contribution in [-0.4, -0.2) is 53.2 Å². The normalized spacial score (nSPS) is 30.7. The van der Waals surface area contributed by atoms with Crippen molar-refractivity contribution in [2.24, 2.45) is 11.0 Å². The summed E-state index contributed by atoms with van der Waals surface area (Å²) >= 11 is 0. The van der Waals surface area contributed by atoms with Crippen LogP contribution < -0.4 is 0 Å². The lowest BCUT2D eigenvalue weighted by atomic mass is 9.90. The van der Waals surface area contributed by atoms with Gasteiger partial charge in [0.25, 0.3) is 0 Å². The second-order valence-corrected chi connectivity index (χ2v) is 8.51. The van der Waals surface area contributed by atoms with Crippen molar-refractivity contribution in [3.05, 3.63) is 22.6 Å². The highest BCUT2D eigenvalue weighted by molar-refractivity contribution is 5.70. The molecule has 0 spiro atoms. The van der Waals surface area contributed by atoms with Gasteiger partial charge in [-0.05, 0) is 53.5 Å². The Kier molecular flexibility index (Phi) is 6.60. The molecule has 0 aromatic rings. The van der Waals surface area contributed by atoms with E-state index >= 15 is 0 Å². The molecule has 28 heavy (non-hydrogen) atoms. The van der Waals surface area contributed by atoms with E-state index in [0.717, 1.165) is 0 Å². The number of amides is 1. The second-order valence-electron chi connectivity index (χ2n) is 8.51. The van der Waals surface area contributed by atoms with Gasteiger partial charge in [-0.2, -0.15) is 5.26 Å². The highest BCUT2D eigenvalue weighted by atomic mass is 16.7. The molecule has 0 aromatic carbocycles. The minimum atomic E-state index is -0.812. The van der Waals surface area contributed by atoms with Crippen molar-refractivity contribution in [3.63, 3.8) is 0 Å². The van der Waals surface area contributed by atoms with E-state index in [4.69, 9.17) is 14.2 Å². The maximum absolute atomic E-state index is 13.0. The average molecular weight is 391 g/mol. The largest absolute Gasteiger partial charge is 0.444 e. The molecule has 0 N–H and O–H groups in total. The van der Waals surface area contributed by atoms with E-state index in [0.29, 0.717) is 6.42 Å². The summed E-state index contributed by atoms with van der Waals surface area (Å²) in [4.78, 5) is 17.4. The number of carbonyl (C=O) groups is 1. The molecule has 2 fully saturated rings. The number of ether oxygens (including phenoxy) is 3. The standard InChI is InChI=1S/C19H29N5O4/c1-7-8-12-9-13(10-20)24(17(25)28-18(2,3)4)16(12)15(22-23-21)14-11-26-19(5,6)27-14/h7-8,12-16H,9,11H2,1-6H3/b8-7-/t12-,13-,14+,15+,16-/m1/s1. The Bertz CT molecular complexity index is 702. The van der Waals surface area contributed by atoms with Crippen molar-refractivity contribution in [3.8, 4) is 6.07 Å². The fourth-order valence-corrected chi connectivity index (χ4v) is 3.77. The molecule has 5 atom stereocenters. The van der Waals surface area contributed by atoms with Crippen LogP contribution in [0.15, 0.2) is 17.3 Å². The van der Waals surface area contributed by atoms with Crippen LogP contribution in [0, 0.1) is 17.2 Å². The van der Waals surface area contributed by atoms with Gasteiger partial charge in [0.2, 0.25) is 0 Å². The third kappa shape index (κ3) is 4.96. The number of rotatable bonds is 4. The van der Waals surface area contributed by atoms with E-state index in [1.807, 2.05) is 19.1 Å². The summed E-state index contributed by atoms with van der Waals surface area (Å²) in [5.74, 6) is -0.987. The maximum atomic E-state index is 13.0. The lowest BCUT2D eigenvalue weighted by molar-refractivity contribution is -0.142. The Balaban J connectivity index is 2.45. The summed E-state index contributed by atoms with van der Waals surface area (Å²) in [5, 5.41) is 13.6. The van der Waals surface area contributed by atoms with Crippen LogP contribution in [0.5, 0.6) is 0 Å². The predicted octanol–water partition coefficient (Wildman–Crippen LogP) is 3.91. The molecule has 2 heterocycles. The first kappa shape index (κ1) is 22.0. The predicted molar refractivity (Wildman–Crippen MR) is 102 cm³/mol. The van der Waals surface area contributed by atoms with Crippen LogP contribution in [0.4, 0.5) is 4.79 Å². The minimum absolute atomic E-state index is 0.176. The molecular weight excluding hydrogens is 362 g/mol. The molecule has 0 aromatic heterocycles. The second kappa shape index (κ2) is 8.39. The SMILES string of the molecule is C/C=C\[C@@H]1C[C@H](C#N)N(C(=O)OC(C)(C)C)[C@H]1[C@@H](N=[N+]=[N-])[C@@H]1COC(C)(C)O1. The quantitative estimate of drug-likeness (QED) is 0.311. The lowest BCUT2D eigenvalue weighted by Crippen LogP contribution is -2.53. The van der Waals surface area contributed by atoms with Crippen molar-refractivity contribution < 1.29 is 19.0 Å². The zero-order valence-corrected chi connectivity index (χ0v) is 17.3. The van der Waals surface area contributed by atoms with Gasteiger partial charge in [0, 0.05) is 10.8 Å². The summed E-state index contributed by atoms with van der Waals surface area (Å²) in [6.45, 7) is 11.0. The van der Waals surface area contributed by atoms with Gasteiger partial charge in [-0.3, -0.25) is 4.90 Å². The fraction of sp³-hybridized carbons (Fsp3) is 0.789. The molecule has 0 bridgehead atoms. The summed E-state index contributed by atoms with van der Waals surface area (Å²) in [5.41, 5.74) is 8.46. The lowest BCUT2D eigenvalue weighted by Gasteiger charge is -2.36.